The number of allylic oxidation sites excluding steroid dienone is 2. The molecule has 0 radical (unpaired) electrons. The van der Waals surface area contributed by atoms with Crippen molar-refractivity contribution < 1.29 is 0 Å². The summed E-state index contributed by atoms with van der Waals surface area (Å²) >= 11 is 0. The van der Waals surface area contributed by atoms with Gasteiger partial charge in [-0.3, -0.25) is 0 Å². The van der Waals surface area contributed by atoms with E-state index < -0.39 is 0 Å². The molecule has 1 aliphatic rings. The van der Waals surface area contributed by atoms with E-state index in [9.17, 15) is 0 Å². The molecule has 0 saturated carbocycles. The van der Waals surface area contributed by atoms with Crippen LogP contribution in [0.15, 0.2) is 23.9 Å². The summed E-state index contributed by atoms with van der Waals surface area (Å²) in [6.45, 7) is 2.78. The van der Waals surface area contributed by atoms with E-state index in [1.165, 1.54) is 5.70 Å². The van der Waals surface area contributed by atoms with Gasteiger partial charge in [-0.2, -0.15) is 0 Å². The molecule has 0 bridgehead atoms. The molecule has 56 valence electrons. The molecular weight excluding hydrogens is 124 g/mol. The SMILES string of the molecule is CC1C=CC=C(CN)N1C. The molecule has 0 saturated heterocycles. The third-order valence-corrected chi connectivity index (χ3v) is 1.95. The fourth-order valence-electron chi connectivity index (χ4n) is 1.05. The number of nitrogens with zero attached hydrogens (tertiary/aromatic N) is 1. The van der Waals surface area contributed by atoms with Gasteiger partial charge in [0.2, 0.25) is 0 Å². The first-order valence-electron chi connectivity index (χ1n) is 3.56. The first kappa shape index (κ1) is 7.35. The van der Waals surface area contributed by atoms with Crippen molar-refractivity contribution >= 4 is 0 Å². The Balaban J connectivity index is 2.71. The Hall–Kier alpha value is -0.760. The predicted octanol–water partition coefficient (Wildman–Crippen LogP) is 0.719. The van der Waals surface area contributed by atoms with Gasteiger partial charge in [-0.25, -0.2) is 0 Å². The monoisotopic (exact) mass is 138 g/mol. The number of hydrogen-bond donors (Lipinski definition) is 1. The van der Waals surface area contributed by atoms with E-state index in [2.05, 4.69) is 37.1 Å². The standard InChI is InChI=1S/C8H14N2/c1-7-4-3-5-8(6-9)10(7)2/h3-5,7H,6,9H2,1-2H3. The van der Waals surface area contributed by atoms with Gasteiger partial charge in [0.25, 0.3) is 0 Å². The van der Waals surface area contributed by atoms with Crippen LogP contribution in [0.1, 0.15) is 6.92 Å². The van der Waals surface area contributed by atoms with Gasteiger partial charge in [-0.15, -0.1) is 0 Å². The van der Waals surface area contributed by atoms with Crippen LogP contribution >= 0.6 is 0 Å². The Kier molecular flexibility index (Phi) is 2.12. The molecule has 1 aliphatic heterocycles. The van der Waals surface area contributed by atoms with Gasteiger partial charge in [-0.05, 0) is 13.0 Å². The molecule has 1 heterocycles. The molecule has 0 spiro atoms. The summed E-state index contributed by atoms with van der Waals surface area (Å²) < 4.78 is 0. The third-order valence-electron chi connectivity index (χ3n) is 1.95. The first-order chi connectivity index (χ1) is 4.75. The average molecular weight is 138 g/mol. The van der Waals surface area contributed by atoms with Crippen molar-refractivity contribution in [3.8, 4) is 0 Å². The molecule has 10 heavy (non-hydrogen) atoms. The molecule has 0 fully saturated rings. The van der Waals surface area contributed by atoms with Crippen molar-refractivity contribution in [2.75, 3.05) is 13.6 Å². The number of likely N-dealkylation sites (N-methyl/N-ethyl adjacent to an activating group) is 1. The minimum absolute atomic E-state index is 0.489. The summed E-state index contributed by atoms with van der Waals surface area (Å²) in [4.78, 5) is 2.18. The Bertz CT molecular complexity index is 170. The van der Waals surface area contributed by atoms with Gasteiger partial charge in [0, 0.05) is 25.3 Å². The maximum absolute atomic E-state index is 5.51. The third kappa shape index (κ3) is 1.21. The quantitative estimate of drug-likeness (QED) is 0.578. The summed E-state index contributed by atoms with van der Waals surface area (Å²) in [5, 5.41) is 0. The Morgan fingerprint density at radius 2 is 2.40 bits per heavy atom. The molecule has 0 aromatic heterocycles. The molecule has 2 heteroatoms. The van der Waals surface area contributed by atoms with Crippen LogP contribution < -0.4 is 5.73 Å². The second-order valence-corrected chi connectivity index (χ2v) is 2.60. The minimum atomic E-state index is 0.489. The van der Waals surface area contributed by atoms with E-state index in [1.54, 1.807) is 0 Å². The van der Waals surface area contributed by atoms with Crippen molar-refractivity contribution in [2.24, 2.45) is 5.73 Å². The maximum Gasteiger partial charge on any atom is 0.0442 e. The fraction of sp³-hybridized carbons (Fsp3) is 0.500. The van der Waals surface area contributed by atoms with Crippen LogP contribution in [-0.4, -0.2) is 24.5 Å². The largest absolute Gasteiger partial charge is 0.371 e. The molecule has 0 aromatic carbocycles. The highest BCUT2D eigenvalue weighted by Gasteiger charge is 2.09. The molecule has 0 amide bonds. The van der Waals surface area contributed by atoms with Gasteiger partial charge < -0.3 is 10.6 Å². The number of hydrogen-bond acceptors (Lipinski definition) is 2. The molecule has 1 unspecified atom stereocenters. The van der Waals surface area contributed by atoms with Gasteiger partial charge >= 0.3 is 0 Å². The highest BCUT2D eigenvalue weighted by molar-refractivity contribution is 5.20. The lowest BCUT2D eigenvalue weighted by Gasteiger charge is -2.28. The summed E-state index contributed by atoms with van der Waals surface area (Å²) in [7, 11) is 2.06. The fourth-order valence-corrected chi connectivity index (χ4v) is 1.05. The zero-order valence-electron chi connectivity index (χ0n) is 6.54. The van der Waals surface area contributed by atoms with E-state index in [0.29, 0.717) is 12.6 Å². The van der Waals surface area contributed by atoms with Crippen LogP contribution in [0.25, 0.3) is 0 Å². The van der Waals surface area contributed by atoms with Crippen molar-refractivity contribution in [3.63, 3.8) is 0 Å². The van der Waals surface area contributed by atoms with Crippen LogP contribution in [0, 0.1) is 0 Å². The van der Waals surface area contributed by atoms with E-state index in [0.717, 1.165) is 0 Å². The number of rotatable bonds is 1. The summed E-state index contributed by atoms with van der Waals surface area (Å²) in [5.74, 6) is 0. The van der Waals surface area contributed by atoms with E-state index >= 15 is 0 Å². The topological polar surface area (TPSA) is 29.3 Å². The zero-order chi connectivity index (χ0) is 7.56. The molecule has 1 rings (SSSR count). The van der Waals surface area contributed by atoms with Gasteiger partial charge in [-0.1, -0.05) is 12.2 Å². The molecule has 2 nitrogen and oxygen atoms in total. The van der Waals surface area contributed by atoms with Crippen LogP contribution in [0.2, 0.25) is 0 Å². The van der Waals surface area contributed by atoms with Crippen molar-refractivity contribution in [2.45, 2.75) is 13.0 Å². The summed E-state index contributed by atoms with van der Waals surface area (Å²) in [6.07, 6.45) is 6.27. The van der Waals surface area contributed by atoms with Crippen LogP contribution in [0.3, 0.4) is 0 Å². The summed E-state index contributed by atoms with van der Waals surface area (Å²) in [6, 6.07) is 0.489. The Morgan fingerprint density at radius 1 is 1.70 bits per heavy atom. The smallest absolute Gasteiger partial charge is 0.0442 e. The second kappa shape index (κ2) is 2.88. The molecule has 2 N–H and O–H groups in total. The van der Waals surface area contributed by atoms with Crippen molar-refractivity contribution in [3.05, 3.63) is 23.9 Å². The van der Waals surface area contributed by atoms with Crippen LogP contribution in [0.5, 0.6) is 0 Å². The Morgan fingerprint density at radius 3 is 2.90 bits per heavy atom. The lowest BCUT2D eigenvalue weighted by Crippen LogP contribution is -2.31. The van der Waals surface area contributed by atoms with Crippen molar-refractivity contribution in [1.82, 2.24) is 4.90 Å². The van der Waals surface area contributed by atoms with Gasteiger partial charge in [0.1, 0.15) is 0 Å². The second-order valence-electron chi connectivity index (χ2n) is 2.60. The van der Waals surface area contributed by atoms with E-state index in [4.69, 9.17) is 5.73 Å². The predicted molar refractivity (Wildman–Crippen MR) is 43.5 cm³/mol. The number of nitrogens with two attached hydrogens (primary N) is 1. The van der Waals surface area contributed by atoms with E-state index in [-0.39, 0.29) is 0 Å². The lowest BCUT2D eigenvalue weighted by atomic mass is 10.1. The lowest BCUT2D eigenvalue weighted by molar-refractivity contribution is 0.363. The highest BCUT2D eigenvalue weighted by Crippen LogP contribution is 2.11. The zero-order valence-corrected chi connectivity index (χ0v) is 6.54. The average Bonchev–Trinajstić information content (AvgIpc) is 1.95. The molecule has 0 aromatic rings. The van der Waals surface area contributed by atoms with Crippen LogP contribution in [-0.2, 0) is 0 Å². The minimum Gasteiger partial charge on any atom is -0.371 e. The first-order valence-corrected chi connectivity index (χ1v) is 3.56. The van der Waals surface area contributed by atoms with E-state index in [1.807, 2.05) is 0 Å². The normalized spacial score (nSPS) is 24.9. The maximum atomic E-state index is 5.51. The van der Waals surface area contributed by atoms with Gasteiger partial charge in [0.15, 0.2) is 0 Å². The molecular formula is C8H14N2. The molecule has 0 aliphatic carbocycles. The van der Waals surface area contributed by atoms with Crippen molar-refractivity contribution in [1.29, 1.82) is 0 Å². The van der Waals surface area contributed by atoms with Crippen LogP contribution in [0.4, 0.5) is 0 Å². The molecule has 1 atom stereocenters. The summed E-state index contributed by atoms with van der Waals surface area (Å²) in [5.41, 5.74) is 6.72. The van der Waals surface area contributed by atoms with Gasteiger partial charge in [0.05, 0.1) is 0 Å². The highest BCUT2D eigenvalue weighted by atomic mass is 15.1. The Labute approximate surface area is 62.0 Å².